The molecule has 0 heterocycles. The summed E-state index contributed by atoms with van der Waals surface area (Å²) in [6, 6.07) is 2.51. The van der Waals surface area contributed by atoms with E-state index < -0.39 is 0 Å². The van der Waals surface area contributed by atoms with E-state index in [1.54, 1.807) is 5.54 Å². The Balaban J connectivity index is 0.000000651. The van der Waals surface area contributed by atoms with Crippen molar-refractivity contribution in [2.75, 3.05) is 27.2 Å². The van der Waals surface area contributed by atoms with Crippen LogP contribution < -0.4 is 5.11 Å². The topological polar surface area (TPSA) is 23.1 Å². The van der Waals surface area contributed by atoms with Gasteiger partial charge >= 0.3 is 0 Å². The minimum absolute atomic E-state index is 0.0920. The molecule has 0 amide bonds. The molecule has 0 unspecified atom stereocenters. The first-order valence-corrected chi connectivity index (χ1v) is 12.2. The molecule has 1 aromatic carbocycles. The number of nitrogens with zero attached hydrogens (tertiary/aromatic N) is 1. The lowest BCUT2D eigenvalue weighted by molar-refractivity contribution is -0.884. The van der Waals surface area contributed by atoms with Crippen LogP contribution in [0.4, 0.5) is 0 Å². The van der Waals surface area contributed by atoms with Gasteiger partial charge in [-0.05, 0) is 31.1 Å². The Hall–Kier alpha value is -0.120. The Bertz CT molecular complexity index is 526. The predicted molar refractivity (Wildman–Crippen MR) is 130 cm³/mol. The molecule has 168 valence electrons. The first-order chi connectivity index (χ1) is 13.7. The van der Waals surface area contributed by atoms with Crippen molar-refractivity contribution in [3.63, 3.8) is 0 Å². The van der Waals surface area contributed by atoms with Crippen LogP contribution >= 0.6 is 46.4 Å². The van der Waals surface area contributed by atoms with E-state index in [0.717, 1.165) is 11.0 Å². The molecule has 0 spiro atoms. The van der Waals surface area contributed by atoms with E-state index >= 15 is 0 Å². The fraction of sp³-hybridized carbons (Fsp3) is 0.652. The second-order valence-electron chi connectivity index (χ2n) is 8.08. The molecule has 0 fully saturated rings. The van der Waals surface area contributed by atoms with Gasteiger partial charge < -0.3 is 9.59 Å². The number of halogens is 4. The zero-order chi connectivity index (χ0) is 22.1. The highest BCUT2D eigenvalue weighted by Gasteiger charge is 2.11. The van der Waals surface area contributed by atoms with E-state index in [2.05, 4.69) is 27.1 Å². The first-order valence-electron chi connectivity index (χ1n) is 10.6. The Labute approximate surface area is 198 Å². The third kappa shape index (κ3) is 16.3. The molecule has 0 bridgehead atoms. The highest BCUT2D eigenvalue weighted by atomic mass is 35.5. The van der Waals surface area contributed by atoms with Gasteiger partial charge in [0, 0.05) is 10.6 Å². The zero-order valence-electron chi connectivity index (χ0n) is 18.2. The minimum atomic E-state index is -0.309. The second kappa shape index (κ2) is 17.5. The van der Waals surface area contributed by atoms with Crippen LogP contribution in [-0.4, -0.2) is 31.7 Å². The van der Waals surface area contributed by atoms with Crippen LogP contribution in [0, 0.1) is 0 Å². The summed E-state index contributed by atoms with van der Waals surface area (Å²) in [5.41, 5.74) is 1.64. The number of unbranched alkanes of at least 4 members (excludes halogenated alkanes) is 9. The summed E-state index contributed by atoms with van der Waals surface area (Å²) in [4.78, 5) is 0. The van der Waals surface area contributed by atoms with Crippen LogP contribution in [0.15, 0.2) is 23.7 Å². The number of quaternary nitrogens is 1. The summed E-state index contributed by atoms with van der Waals surface area (Å²) >= 11 is 22.0. The van der Waals surface area contributed by atoms with Gasteiger partial charge in [0.15, 0.2) is 0 Å². The van der Waals surface area contributed by atoms with Crippen molar-refractivity contribution in [1.29, 1.82) is 0 Å². The lowest BCUT2D eigenvalue weighted by Crippen LogP contribution is -2.40. The van der Waals surface area contributed by atoms with Gasteiger partial charge in [0.1, 0.15) is 0 Å². The summed E-state index contributed by atoms with van der Waals surface area (Å²) in [5.74, 6) is -0.309. The molecule has 0 saturated heterocycles. The smallest absolute Gasteiger partial charge is 0.0981 e. The molecule has 6 heteroatoms. The standard InChI is InChI=1S/C17H35ClN.C6H3Cl3O/c1-4-5-6-7-8-9-10-11-12-13-16-19(2,3)17-14-15-18;7-3-1-5(9)6(10)2-4(3)8/h14-15H,4-13,16-17H2,1-3H3;1-2,10H/q+1;/p-1. The van der Waals surface area contributed by atoms with Crippen LogP contribution in [0.1, 0.15) is 71.1 Å². The molecule has 0 N–H and O–H groups in total. The van der Waals surface area contributed by atoms with Crippen molar-refractivity contribution >= 4 is 46.4 Å². The number of rotatable bonds is 13. The average molecular weight is 485 g/mol. The van der Waals surface area contributed by atoms with E-state index in [1.165, 1.54) is 82.9 Å². The Morgan fingerprint density at radius 2 is 1.28 bits per heavy atom. The van der Waals surface area contributed by atoms with Gasteiger partial charge in [-0.25, -0.2) is 0 Å². The van der Waals surface area contributed by atoms with Crippen molar-refractivity contribution in [3.05, 3.63) is 38.8 Å². The SMILES string of the molecule is CCCCCCCCCCCC[N+](C)(C)CC=CCl.[O-]c1cc(Cl)c(Cl)cc1Cl. The molecule has 0 aliphatic rings. The highest BCUT2D eigenvalue weighted by Crippen LogP contribution is 2.30. The fourth-order valence-electron chi connectivity index (χ4n) is 2.95. The van der Waals surface area contributed by atoms with Gasteiger partial charge in [-0.1, -0.05) is 110 Å². The van der Waals surface area contributed by atoms with Crippen molar-refractivity contribution in [1.82, 2.24) is 0 Å². The predicted octanol–water partition coefficient (Wildman–Crippen LogP) is 8.46. The molecule has 0 radical (unpaired) electrons. The second-order valence-corrected chi connectivity index (χ2v) is 9.56. The summed E-state index contributed by atoms with van der Waals surface area (Å²) in [6.45, 7) is 4.58. The van der Waals surface area contributed by atoms with Gasteiger partial charge in [0.25, 0.3) is 0 Å². The van der Waals surface area contributed by atoms with E-state index in [4.69, 9.17) is 46.4 Å². The van der Waals surface area contributed by atoms with E-state index in [9.17, 15) is 5.11 Å². The van der Waals surface area contributed by atoms with Gasteiger partial charge in [0.2, 0.25) is 0 Å². The molecular formula is C23H37Cl4NO. The van der Waals surface area contributed by atoms with Crippen LogP contribution in [0.2, 0.25) is 15.1 Å². The molecule has 0 aromatic heterocycles. The zero-order valence-corrected chi connectivity index (χ0v) is 21.2. The Morgan fingerprint density at radius 3 is 1.76 bits per heavy atom. The van der Waals surface area contributed by atoms with Crippen LogP contribution in [-0.2, 0) is 0 Å². The summed E-state index contributed by atoms with van der Waals surface area (Å²) in [6.07, 6.45) is 16.2. The molecule has 0 aliphatic heterocycles. The van der Waals surface area contributed by atoms with Gasteiger partial charge in [0.05, 0.1) is 37.2 Å². The number of benzene rings is 1. The molecule has 0 aliphatic carbocycles. The number of hydrogen-bond donors (Lipinski definition) is 0. The third-order valence-corrected chi connectivity index (χ3v) is 5.98. The van der Waals surface area contributed by atoms with Crippen molar-refractivity contribution in [2.45, 2.75) is 71.1 Å². The molecule has 2 nitrogen and oxygen atoms in total. The van der Waals surface area contributed by atoms with Crippen LogP contribution in [0.5, 0.6) is 5.75 Å². The lowest BCUT2D eigenvalue weighted by Gasteiger charge is -2.28. The molecule has 0 atom stereocenters. The van der Waals surface area contributed by atoms with Crippen molar-refractivity contribution in [3.8, 4) is 5.75 Å². The van der Waals surface area contributed by atoms with Crippen molar-refractivity contribution < 1.29 is 9.59 Å². The van der Waals surface area contributed by atoms with Crippen LogP contribution in [0.3, 0.4) is 0 Å². The van der Waals surface area contributed by atoms with Crippen LogP contribution in [0.25, 0.3) is 0 Å². The quantitative estimate of drug-likeness (QED) is 0.156. The molecule has 1 rings (SSSR count). The monoisotopic (exact) mass is 483 g/mol. The maximum atomic E-state index is 10.7. The maximum Gasteiger partial charge on any atom is 0.0981 e. The van der Waals surface area contributed by atoms with Gasteiger partial charge in [-0.15, -0.1) is 0 Å². The van der Waals surface area contributed by atoms with Gasteiger partial charge in [-0.3, -0.25) is 0 Å². The number of likely N-dealkylation sites (N-methyl/N-ethyl adjacent to an activating group) is 1. The number of hydrogen-bond acceptors (Lipinski definition) is 1. The molecule has 0 saturated carbocycles. The minimum Gasteiger partial charge on any atom is -0.871 e. The van der Waals surface area contributed by atoms with Crippen molar-refractivity contribution in [2.24, 2.45) is 0 Å². The summed E-state index contributed by atoms with van der Waals surface area (Å²) in [5, 5.41) is 11.3. The third-order valence-electron chi connectivity index (χ3n) is 4.78. The highest BCUT2D eigenvalue weighted by molar-refractivity contribution is 6.43. The van der Waals surface area contributed by atoms with E-state index in [1.807, 2.05) is 0 Å². The van der Waals surface area contributed by atoms with E-state index in [0.29, 0.717) is 5.02 Å². The first kappa shape index (κ1) is 28.9. The van der Waals surface area contributed by atoms with E-state index in [-0.39, 0.29) is 15.8 Å². The molecule has 29 heavy (non-hydrogen) atoms. The summed E-state index contributed by atoms with van der Waals surface area (Å²) in [7, 11) is 4.56. The lowest BCUT2D eigenvalue weighted by atomic mass is 10.1. The van der Waals surface area contributed by atoms with Gasteiger partial charge in [-0.2, -0.15) is 0 Å². The Kier molecular flexibility index (Phi) is 17.5. The Morgan fingerprint density at radius 1 is 0.793 bits per heavy atom. The molecular weight excluding hydrogens is 448 g/mol. The largest absolute Gasteiger partial charge is 0.871 e. The normalized spacial score (nSPS) is 11.6. The fourth-order valence-corrected chi connectivity index (χ4v) is 3.56. The molecule has 1 aromatic rings. The maximum absolute atomic E-state index is 10.7. The average Bonchev–Trinajstić information content (AvgIpc) is 2.67. The summed E-state index contributed by atoms with van der Waals surface area (Å²) < 4.78 is 1.06.